The third-order valence-corrected chi connectivity index (χ3v) is 3.79. The molecule has 1 aliphatic rings. The fraction of sp³-hybridized carbons (Fsp3) is 0.438. The predicted molar refractivity (Wildman–Crippen MR) is 92.2 cm³/mol. The number of nitrogens with one attached hydrogen (secondary N) is 3. The van der Waals surface area contributed by atoms with E-state index in [0.717, 1.165) is 25.2 Å². The first-order valence-corrected chi connectivity index (χ1v) is 8.25. The molecule has 0 spiro atoms. The Balaban J connectivity index is 1.41. The van der Waals surface area contributed by atoms with E-state index in [2.05, 4.69) is 25.8 Å². The highest BCUT2D eigenvalue weighted by Gasteiger charge is 2.14. The Bertz CT molecular complexity index is 681. The maximum Gasteiger partial charge on any atom is 0.319 e. The first-order valence-electron chi connectivity index (χ1n) is 8.25. The smallest absolute Gasteiger partial charge is 0.319 e. The number of nitrogens with zero attached hydrogens (tertiary/aromatic N) is 2. The Labute approximate surface area is 145 Å². The molecule has 1 saturated heterocycles. The van der Waals surface area contributed by atoms with Gasteiger partial charge >= 0.3 is 6.03 Å². The van der Waals surface area contributed by atoms with Gasteiger partial charge in [-0.15, -0.1) is 5.10 Å². The summed E-state index contributed by atoms with van der Waals surface area (Å²) in [6, 6.07) is 6.84. The third kappa shape index (κ3) is 5.35. The maximum atomic E-state index is 11.8. The van der Waals surface area contributed by atoms with Gasteiger partial charge in [-0.1, -0.05) is 0 Å². The number of hydrogen-bond acceptors (Lipinski definition) is 6. The van der Waals surface area contributed by atoms with Crippen molar-refractivity contribution in [3.8, 4) is 5.75 Å². The van der Waals surface area contributed by atoms with Crippen LogP contribution in [0.1, 0.15) is 25.1 Å². The van der Waals surface area contributed by atoms with Crippen molar-refractivity contribution >= 4 is 17.7 Å². The van der Waals surface area contributed by atoms with Crippen molar-refractivity contribution in [1.82, 2.24) is 20.5 Å². The molecular weight excluding hydrogens is 324 g/mol. The molecule has 1 aromatic heterocycles. The summed E-state index contributed by atoms with van der Waals surface area (Å²) in [4.78, 5) is 15.7. The molecule has 0 radical (unpaired) electrons. The summed E-state index contributed by atoms with van der Waals surface area (Å²) >= 11 is 0. The van der Waals surface area contributed by atoms with Crippen molar-refractivity contribution in [2.45, 2.75) is 31.9 Å². The van der Waals surface area contributed by atoms with Crippen LogP contribution in [-0.4, -0.2) is 40.5 Å². The quantitative estimate of drug-likeness (QED) is 0.630. The minimum Gasteiger partial charge on any atom is -0.491 e. The number of ether oxygens (including phenoxy) is 2. The zero-order valence-corrected chi connectivity index (χ0v) is 13.8. The van der Waals surface area contributed by atoms with Crippen molar-refractivity contribution in [3.63, 3.8) is 0 Å². The van der Waals surface area contributed by atoms with Crippen LogP contribution in [0.15, 0.2) is 24.3 Å². The molecule has 2 amide bonds. The van der Waals surface area contributed by atoms with Crippen molar-refractivity contribution in [3.05, 3.63) is 30.1 Å². The van der Waals surface area contributed by atoms with E-state index in [-0.39, 0.29) is 24.6 Å². The van der Waals surface area contributed by atoms with Crippen LogP contribution in [0.2, 0.25) is 0 Å². The van der Waals surface area contributed by atoms with Crippen LogP contribution < -0.4 is 21.1 Å². The molecule has 1 aromatic carbocycles. The predicted octanol–water partition coefficient (Wildman–Crippen LogP) is 1.66. The normalized spacial score (nSPS) is 17.0. The zero-order valence-electron chi connectivity index (χ0n) is 13.8. The number of amides is 2. The minimum atomic E-state index is -0.348. The van der Waals surface area contributed by atoms with E-state index in [9.17, 15) is 4.79 Å². The van der Waals surface area contributed by atoms with E-state index in [1.807, 2.05) is 12.1 Å². The molecular formula is C16H22N6O3. The molecule has 9 heteroatoms. The lowest BCUT2D eigenvalue weighted by Crippen LogP contribution is -2.28. The summed E-state index contributed by atoms with van der Waals surface area (Å²) < 4.78 is 11.4. The summed E-state index contributed by atoms with van der Waals surface area (Å²) in [7, 11) is 0. The van der Waals surface area contributed by atoms with Crippen LogP contribution in [-0.2, 0) is 11.3 Å². The number of nitrogen functional groups attached to an aromatic ring is 1. The fourth-order valence-electron chi connectivity index (χ4n) is 2.49. The van der Waals surface area contributed by atoms with Gasteiger partial charge in [-0.05, 0) is 43.5 Å². The molecule has 1 aliphatic heterocycles. The van der Waals surface area contributed by atoms with E-state index < -0.39 is 0 Å². The highest BCUT2D eigenvalue weighted by atomic mass is 16.5. The first kappa shape index (κ1) is 17.0. The summed E-state index contributed by atoms with van der Waals surface area (Å²) in [5, 5.41) is 11.7. The van der Waals surface area contributed by atoms with Crippen LogP contribution in [0.4, 0.5) is 16.4 Å². The fourth-order valence-corrected chi connectivity index (χ4v) is 2.49. The molecule has 1 fully saturated rings. The molecule has 0 aliphatic carbocycles. The number of urea groups is 1. The lowest BCUT2D eigenvalue weighted by molar-refractivity contribution is -0.0110. The van der Waals surface area contributed by atoms with Gasteiger partial charge in [0, 0.05) is 12.3 Å². The van der Waals surface area contributed by atoms with Crippen LogP contribution in [0.25, 0.3) is 0 Å². The molecule has 3 rings (SSSR count). The Morgan fingerprint density at radius 2 is 2.20 bits per heavy atom. The average Bonchev–Trinajstić information content (AvgIpc) is 3.06. The number of anilines is 2. The topological polar surface area (TPSA) is 127 Å². The number of rotatable bonds is 6. The minimum absolute atomic E-state index is 0.145. The number of hydrogen-bond donors (Lipinski definition) is 4. The number of benzene rings is 1. The van der Waals surface area contributed by atoms with E-state index in [0.29, 0.717) is 18.1 Å². The van der Waals surface area contributed by atoms with Crippen LogP contribution in [0.5, 0.6) is 5.75 Å². The van der Waals surface area contributed by atoms with Gasteiger partial charge in [-0.25, -0.2) is 4.79 Å². The van der Waals surface area contributed by atoms with Crippen LogP contribution in [0, 0.1) is 0 Å². The average molecular weight is 346 g/mol. The van der Waals surface area contributed by atoms with Crippen molar-refractivity contribution in [2.75, 3.05) is 24.3 Å². The molecule has 9 nitrogen and oxygen atoms in total. The molecule has 1 unspecified atom stereocenters. The van der Waals surface area contributed by atoms with Crippen LogP contribution in [0.3, 0.4) is 0 Å². The second-order valence-electron chi connectivity index (χ2n) is 5.77. The Morgan fingerprint density at radius 3 is 2.88 bits per heavy atom. The monoisotopic (exact) mass is 346 g/mol. The van der Waals surface area contributed by atoms with Gasteiger partial charge in [-0.3, -0.25) is 5.10 Å². The van der Waals surface area contributed by atoms with Gasteiger partial charge in [0.1, 0.15) is 18.2 Å². The molecule has 1 atom stereocenters. The number of carbonyl (C=O) groups excluding carboxylic acids is 1. The summed E-state index contributed by atoms with van der Waals surface area (Å²) in [5.41, 5.74) is 6.06. The maximum absolute atomic E-state index is 11.8. The Hall–Kier alpha value is -2.81. The number of aromatic amines is 1. The highest BCUT2D eigenvalue weighted by molar-refractivity contribution is 5.89. The van der Waals surface area contributed by atoms with Crippen molar-refractivity contribution in [1.29, 1.82) is 0 Å². The summed E-state index contributed by atoms with van der Waals surface area (Å²) in [5.74, 6) is 1.38. The summed E-state index contributed by atoms with van der Waals surface area (Å²) in [6.07, 6.45) is 3.52. The van der Waals surface area contributed by atoms with Gasteiger partial charge in [0.2, 0.25) is 5.95 Å². The van der Waals surface area contributed by atoms with E-state index >= 15 is 0 Å². The Kier molecular flexibility index (Phi) is 5.68. The lowest BCUT2D eigenvalue weighted by Gasteiger charge is -2.22. The van der Waals surface area contributed by atoms with Gasteiger partial charge in [0.25, 0.3) is 0 Å². The molecule has 0 bridgehead atoms. The molecule has 134 valence electrons. The summed E-state index contributed by atoms with van der Waals surface area (Å²) in [6.45, 7) is 1.57. The van der Waals surface area contributed by atoms with Gasteiger partial charge in [-0.2, -0.15) is 4.98 Å². The number of carbonyl (C=O) groups is 1. The highest BCUT2D eigenvalue weighted by Crippen LogP contribution is 2.18. The molecule has 25 heavy (non-hydrogen) atoms. The van der Waals surface area contributed by atoms with Gasteiger partial charge < -0.3 is 25.8 Å². The molecule has 5 N–H and O–H groups in total. The Morgan fingerprint density at radius 1 is 1.36 bits per heavy atom. The van der Waals surface area contributed by atoms with Crippen LogP contribution >= 0.6 is 0 Å². The SMILES string of the molecule is Nc1n[nH]c(CNC(=O)Nc2ccc(OCC3CCCCO3)cc2)n1. The largest absolute Gasteiger partial charge is 0.491 e. The van der Waals surface area contributed by atoms with Gasteiger partial charge in [0.05, 0.1) is 12.6 Å². The third-order valence-electron chi connectivity index (χ3n) is 3.79. The van der Waals surface area contributed by atoms with Gasteiger partial charge in [0.15, 0.2) is 0 Å². The van der Waals surface area contributed by atoms with E-state index in [4.69, 9.17) is 15.2 Å². The molecule has 2 aromatic rings. The molecule has 0 saturated carbocycles. The lowest BCUT2D eigenvalue weighted by atomic mass is 10.1. The standard InChI is InChI=1S/C16H22N6O3/c17-15-20-14(21-22-15)9-18-16(23)19-11-4-6-12(7-5-11)25-10-13-3-1-2-8-24-13/h4-7,13H,1-3,8-10H2,(H2,18,19,23)(H3,17,20,21,22). The first-order chi connectivity index (χ1) is 12.2. The van der Waals surface area contributed by atoms with Crippen molar-refractivity contribution in [2.24, 2.45) is 0 Å². The second-order valence-corrected chi connectivity index (χ2v) is 5.77. The second kappa shape index (κ2) is 8.34. The number of aromatic nitrogens is 3. The van der Waals surface area contributed by atoms with E-state index in [1.165, 1.54) is 6.42 Å². The molecule has 2 heterocycles. The zero-order chi connectivity index (χ0) is 17.5. The van der Waals surface area contributed by atoms with Crippen molar-refractivity contribution < 1.29 is 14.3 Å². The number of H-pyrrole nitrogens is 1. The van der Waals surface area contributed by atoms with E-state index in [1.54, 1.807) is 12.1 Å². The number of nitrogens with two attached hydrogens (primary N) is 1.